The van der Waals surface area contributed by atoms with Crippen LogP contribution in [0.15, 0.2) is 36.7 Å². The molecule has 2 aliphatic heterocycles. The van der Waals surface area contributed by atoms with Gasteiger partial charge >= 0.3 is 7.82 Å². The number of ether oxygens (including phenoxy) is 3. The zero-order valence-corrected chi connectivity index (χ0v) is 24.0. The normalized spacial score (nSPS) is 25.5. The van der Waals surface area contributed by atoms with Crippen molar-refractivity contribution in [2.45, 2.75) is 64.9 Å². The fraction of sp³-hybridized carbons (Fsp3) is 0.560. The summed E-state index contributed by atoms with van der Waals surface area (Å²) in [6.07, 6.45) is -1.77. The van der Waals surface area contributed by atoms with Crippen LogP contribution in [-0.4, -0.2) is 62.8 Å². The van der Waals surface area contributed by atoms with Gasteiger partial charge in [-0.1, -0.05) is 50.7 Å². The molecule has 2 fully saturated rings. The lowest BCUT2D eigenvalue weighted by Gasteiger charge is -2.25. The molecule has 1 aromatic carbocycles. The van der Waals surface area contributed by atoms with E-state index in [9.17, 15) is 14.5 Å². The van der Waals surface area contributed by atoms with Crippen molar-refractivity contribution in [1.29, 1.82) is 5.26 Å². The highest BCUT2D eigenvalue weighted by molar-refractivity contribution is 8.13. The Kier molecular flexibility index (Phi) is 8.78. The van der Waals surface area contributed by atoms with Crippen molar-refractivity contribution < 1.29 is 42.2 Å². The Hall–Kier alpha value is -2.43. The van der Waals surface area contributed by atoms with Gasteiger partial charge in [0.2, 0.25) is 11.6 Å². The van der Waals surface area contributed by atoms with Gasteiger partial charge in [-0.2, -0.15) is 5.26 Å². The van der Waals surface area contributed by atoms with E-state index < -0.39 is 43.6 Å². The minimum Gasteiger partial charge on any atom is -0.492 e. The lowest BCUT2D eigenvalue weighted by atomic mass is 10.00. The first-order valence-electron chi connectivity index (χ1n) is 12.3. The van der Waals surface area contributed by atoms with Crippen LogP contribution < -0.4 is 4.52 Å². The number of hydrogen-bond donors (Lipinski definition) is 1. The molecule has 2 saturated heterocycles. The van der Waals surface area contributed by atoms with Crippen molar-refractivity contribution in [2.75, 3.05) is 19.0 Å². The monoisotopic (exact) mass is 581 g/mol. The molecule has 1 aromatic heterocycles. The fourth-order valence-electron chi connectivity index (χ4n) is 4.00. The fourth-order valence-corrected chi connectivity index (χ4v) is 6.11. The number of fused-ring (bicyclic) bond motifs is 1. The summed E-state index contributed by atoms with van der Waals surface area (Å²) in [6, 6.07) is 10.2. The Bertz CT molecular complexity index is 1260. The quantitative estimate of drug-likeness (QED) is 0.313. The average Bonchev–Trinajstić information content (AvgIpc) is 3.50. The Labute approximate surface area is 231 Å². The molecule has 2 aromatic rings. The smallest absolute Gasteiger partial charge is 0.492 e. The molecule has 1 N–H and O–H groups in total. The van der Waals surface area contributed by atoms with Crippen LogP contribution in [0.3, 0.4) is 0 Å². The third-order valence-corrected chi connectivity index (χ3v) is 8.45. The molecule has 0 radical (unpaired) electrons. The van der Waals surface area contributed by atoms with Crippen LogP contribution in [0.5, 0.6) is 11.6 Å². The summed E-state index contributed by atoms with van der Waals surface area (Å²) in [4.78, 5) is 16.1. The SMILES string of the molecule is CC1(C)OC2[C@@H](O1)[C@H](n1cnc(C#N)c1O)O[C@@H]2COP(=O)(OCCSC(=O)C(C)(C)C)Oc1ccccc1. The highest BCUT2D eigenvalue weighted by atomic mass is 32.2. The topological polar surface area (TPSA) is 151 Å². The van der Waals surface area contributed by atoms with E-state index in [0.29, 0.717) is 0 Å². The Morgan fingerprint density at radius 1 is 1.23 bits per heavy atom. The van der Waals surface area contributed by atoms with E-state index in [4.69, 9.17) is 33.0 Å². The molecule has 12 nitrogen and oxygen atoms in total. The van der Waals surface area contributed by atoms with Crippen LogP contribution in [0, 0.1) is 16.7 Å². The van der Waals surface area contributed by atoms with Gasteiger partial charge in [-0.05, 0) is 26.0 Å². The molecule has 0 amide bonds. The number of phosphoric ester groups is 1. The predicted octanol–water partition coefficient (Wildman–Crippen LogP) is 4.40. The highest BCUT2D eigenvalue weighted by Gasteiger charge is 2.57. The van der Waals surface area contributed by atoms with Gasteiger partial charge in [-0.15, -0.1) is 0 Å². The van der Waals surface area contributed by atoms with Crippen LogP contribution >= 0.6 is 19.6 Å². The van der Waals surface area contributed by atoms with Crippen molar-refractivity contribution in [3.63, 3.8) is 0 Å². The summed E-state index contributed by atoms with van der Waals surface area (Å²) in [6.45, 7) is 8.59. The van der Waals surface area contributed by atoms with Gasteiger partial charge in [0, 0.05) is 11.2 Å². The van der Waals surface area contributed by atoms with E-state index in [0.717, 1.165) is 11.8 Å². The minimum atomic E-state index is -4.18. The van der Waals surface area contributed by atoms with E-state index in [1.54, 1.807) is 50.2 Å². The van der Waals surface area contributed by atoms with Crippen LogP contribution in [0.25, 0.3) is 0 Å². The summed E-state index contributed by atoms with van der Waals surface area (Å²) in [5.41, 5.74) is -0.683. The van der Waals surface area contributed by atoms with Gasteiger partial charge in [-0.25, -0.2) is 9.55 Å². The van der Waals surface area contributed by atoms with Gasteiger partial charge in [0.05, 0.1) is 13.2 Å². The molecule has 14 heteroatoms. The first-order valence-corrected chi connectivity index (χ1v) is 14.7. The number of nitriles is 1. The number of nitrogens with zero attached hydrogens (tertiary/aromatic N) is 3. The van der Waals surface area contributed by atoms with Crippen molar-refractivity contribution in [3.8, 4) is 17.7 Å². The molecule has 0 saturated carbocycles. The highest BCUT2D eigenvalue weighted by Crippen LogP contribution is 2.51. The lowest BCUT2D eigenvalue weighted by Crippen LogP contribution is -2.33. The molecule has 2 aliphatic rings. The molecular formula is C25H32N3O9PS. The molecule has 0 spiro atoms. The predicted molar refractivity (Wildman–Crippen MR) is 140 cm³/mol. The van der Waals surface area contributed by atoms with E-state index >= 15 is 0 Å². The molecule has 4 rings (SSSR count). The first kappa shape index (κ1) is 29.6. The molecule has 212 valence electrons. The van der Waals surface area contributed by atoms with Gasteiger partial charge in [0.25, 0.3) is 0 Å². The second kappa shape index (κ2) is 11.6. The third kappa shape index (κ3) is 7.02. The number of benzene rings is 1. The summed E-state index contributed by atoms with van der Waals surface area (Å²) >= 11 is 1.08. The standard InChI is InChI=1S/C25H32N3O9PS/c1-24(2,3)23(30)39-12-11-32-38(31,37-16-9-7-6-8-10-16)33-14-18-19-20(36-25(4,5)35-19)22(34-18)28-15-27-17(13-26)21(28)29/h6-10,15,18-20,22,29H,11-12,14H2,1-5H3/t18-,19?,20-,22-,38?/m1/s1. The van der Waals surface area contributed by atoms with Crippen molar-refractivity contribution >= 4 is 24.7 Å². The van der Waals surface area contributed by atoms with Gasteiger partial charge in [-0.3, -0.25) is 18.4 Å². The van der Waals surface area contributed by atoms with Crippen LogP contribution in [-0.2, 0) is 32.6 Å². The van der Waals surface area contributed by atoms with Crippen molar-refractivity contribution in [3.05, 3.63) is 42.4 Å². The van der Waals surface area contributed by atoms with E-state index in [2.05, 4.69) is 4.98 Å². The number of carbonyl (C=O) groups is 1. The maximum atomic E-state index is 13.7. The maximum absolute atomic E-state index is 13.7. The molecule has 0 bridgehead atoms. The van der Waals surface area contributed by atoms with Crippen LogP contribution in [0.4, 0.5) is 0 Å². The number of imidazole rings is 1. The first-order chi connectivity index (χ1) is 18.3. The number of aromatic hydroxyl groups is 1. The minimum absolute atomic E-state index is 0.0226. The summed E-state index contributed by atoms with van der Waals surface area (Å²) < 4.78 is 50.0. The zero-order valence-electron chi connectivity index (χ0n) is 22.3. The second-order valence-corrected chi connectivity index (χ2v) is 13.1. The largest absolute Gasteiger partial charge is 0.530 e. The molecule has 2 unspecified atom stereocenters. The average molecular weight is 582 g/mol. The number of carbonyl (C=O) groups excluding carboxylic acids is 1. The summed E-state index contributed by atoms with van der Waals surface area (Å²) in [5.74, 6) is -0.821. The number of aromatic nitrogens is 2. The Balaban J connectivity index is 1.47. The Morgan fingerprint density at radius 3 is 2.56 bits per heavy atom. The molecule has 39 heavy (non-hydrogen) atoms. The lowest BCUT2D eigenvalue weighted by molar-refractivity contribution is -0.200. The molecular weight excluding hydrogens is 549 g/mol. The number of para-hydroxylation sites is 1. The van der Waals surface area contributed by atoms with E-state index in [1.807, 2.05) is 20.8 Å². The summed E-state index contributed by atoms with van der Waals surface area (Å²) in [7, 11) is -4.18. The zero-order chi connectivity index (χ0) is 28.4. The number of hydrogen-bond acceptors (Lipinski definition) is 12. The maximum Gasteiger partial charge on any atom is 0.530 e. The molecule has 5 atom stereocenters. The Morgan fingerprint density at radius 2 is 1.92 bits per heavy atom. The van der Waals surface area contributed by atoms with Crippen molar-refractivity contribution in [2.24, 2.45) is 5.41 Å². The molecule has 0 aliphatic carbocycles. The molecule has 3 heterocycles. The van der Waals surface area contributed by atoms with E-state index in [-0.39, 0.29) is 41.4 Å². The van der Waals surface area contributed by atoms with Crippen LogP contribution in [0.1, 0.15) is 46.5 Å². The number of rotatable bonds is 10. The van der Waals surface area contributed by atoms with Gasteiger partial charge in [0.15, 0.2) is 17.1 Å². The van der Waals surface area contributed by atoms with Crippen molar-refractivity contribution in [1.82, 2.24) is 9.55 Å². The second-order valence-electron chi connectivity index (χ2n) is 10.4. The summed E-state index contributed by atoms with van der Waals surface area (Å²) in [5, 5.41) is 19.6. The number of thioether (sulfide) groups is 1. The number of phosphoric acid groups is 1. The van der Waals surface area contributed by atoms with Gasteiger partial charge < -0.3 is 23.8 Å². The van der Waals surface area contributed by atoms with E-state index in [1.165, 1.54) is 10.9 Å². The van der Waals surface area contributed by atoms with Gasteiger partial charge in [0.1, 0.15) is 36.5 Å². The van der Waals surface area contributed by atoms with Crippen LogP contribution in [0.2, 0.25) is 0 Å². The third-order valence-electron chi connectivity index (χ3n) is 5.81.